The molecule has 4 nitrogen and oxygen atoms in total. The molecule has 1 aromatic rings. The summed E-state index contributed by atoms with van der Waals surface area (Å²) in [4.78, 5) is 13.0. The fourth-order valence-electron chi connectivity index (χ4n) is 1.85. The van der Waals surface area contributed by atoms with E-state index in [-0.39, 0.29) is 12.5 Å². The van der Waals surface area contributed by atoms with E-state index in [1.807, 2.05) is 25.1 Å². The van der Waals surface area contributed by atoms with Crippen LogP contribution in [0.25, 0.3) is 0 Å². The summed E-state index contributed by atoms with van der Waals surface area (Å²) in [6.07, 6.45) is 2.04. The predicted molar refractivity (Wildman–Crippen MR) is 73.5 cm³/mol. The van der Waals surface area contributed by atoms with Gasteiger partial charge in [0.25, 0.3) is 0 Å². The molecule has 0 aliphatic heterocycles. The SMILES string of the molecule is Cc1cccc(N(CCCCO)CCC(N)=O)c1. The zero-order chi connectivity index (χ0) is 13.4. The van der Waals surface area contributed by atoms with Gasteiger partial charge in [-0.25, -0.2) is 0 Å². The van der Waals surface area contributed by atoms with Crippen molar-refractivity contribution in [2.24, 2.45) is 5.73 Å². The Bertz CT molecular complexity index is 380. The third-order valence-electron chi connectivity index (χ3n) is 2.83. The summed E-state index contributed by atoms with van der Waals surface area (Å²) in [6.45, 7) is 3.71. The van der Waals surface area contributed by atoms with Crippen molar-refractivity contribution in [3.05, 3.63) is 29.8 Å². The van der Waals surface area contributed by atoms with Gasteiger partial charge < -0.3 is 15.7 Å². The first-order valence-electron chi connectivity index (χ1n) is 6.34. The van der Waals surface area contributed by atoms with E-state index in [9.17, 15) is 4.79 Å². The molecule has 0 atom stereocenters. The number of carbonyl (C=O) groups is 1. The molecule has 18 heavy (non-hydrogen) atoms. The number of aryl methyl sites for hydroxylation is 1. The minimum atomic E-state index is -0.283. The molecule has 1 aromatic carbocycles. The molecule has 0 aliphatic carbocycles. The number of anilines is 1. The minimum absolute atomic E-state index is 0.206. The summed E-state index contributed by atoms with van der Waals surface area (Å²) in [5.41, 5.74) is 7.50. The number of amides is 1. The highest BCUT2D eigenvalue weighted by Crippen LogP contribution is 2.16. The number of carbonyl (C=O) groups excluding carboxylic acids is 1. The van der Waals surface area contributed by atoms with Gasteiger partial charge in [-0.15, -0.1) is 0 Å². The monoisotopic (exact) mass is 250 g/mol. The molecule has 0 saturated carbocycles. The highest BCUT2D eigenvalue weighted by atomic mass is 16.2. The Labute approximate surface area is 108 Å². The maximum atomic E-state index is 10.9. The number of hydrogen-bond donors (Lipinski definition) is 2. The Morgan fingerprint density at radius 3 is 2.72 bits per heavy atom. The van der Waals surface area contributed by atoms with E-state index in [4.69, 9.17) is 10.8 Å². The first-order chi connectivity index (χ1) is 8.63. The molecule has 0 aliphatic rings. The van der Waals surface area contributed by atoms with E-state index < -0.39 is 0 Å². The quantitative estimate of drug-likeness (QED) is 0.686. The second-order valence-corrected chi connectivity index (χ2v) is 4.47. The lowest BCUT2D eigenvalue weighted by Crippen LogP contribution is -2.29. The second-order valence-electron chi connectivity index (χ2n) is 4.47. The molecule has 100 valence electrons. The van der Waals surface area contributed by atoms with Crippen LogP contribution in [-0.4, -0.2) is 30.7 Å². The third-order valence-corrected chi connectivity index (χ3v) is 2.83. The van der Waals surface area contributed by atoms with Gasteiger partial charge in [0.05, 0.1) is 0 Å². The number of nitrogens with two attached hydrogens (primary N) is 1. The average molecular weight is 250 g/mol. The molecular formula is C14H22N2O2. The second kappa shape index (κ2) is 7.71. The maximum Gasteiger partial charge on any atom is 0.219 e. The lowest BCUT2D eigenvalue weighted by Gasteiger charge is -2.24. The number of primary amides is 1. The Kier molecular flexibility index (Phi) is 6.22. The smallest absolute Gasteiger partial charge is 0.219 e. The molecule has 0 bridgehead atoms. The van der Waals surface area contributed by atoms with Crippen LogP contribution in [0.15, 0.2) is 24.3 Å². The molecule has 1 amide bonds. The van der Waals surface area contributed by atoms with Crippen molar-refractivity contribution in [1.82, 2.24) is 0 Å². The van der Waals surface area contributed by atoms with Gasteiger partial charge in [0.2, 0.25) is 5.91 Å². The number of rotatable bonds is 8. The molecule has 0 unspecified atom stereocenters. The molecule has 0 radical (unpaired) electrons. The van der Waals surface area contributed by atoms with Crippen LogP contribution in [0.1, 0.15) is 24.8 Å². The highest BCUT2D eigenvalue weighted by molar-refractivity contribution is 5.74. The molecule has 0 saturated heterocycles. The van der Waals surface area contributed by atoms with Crippen molar-refractivity contribution in [3.63, 3.8) is 0 Å². The number of aliphatic hydroxyl groups is 1. The zero-order valence-corrected chi connectivity index (χ0v) is 10.9. The molecule has 0 spiro atoms. The predicted octanol–water partition coefficient (Wildman–Crippen LogP) is 1.45. The first kappa shape index (κ1) is 14.5. The number of benzene rings is 1. The van der Waals surface area contributed by atoms with Crippen molar-refractivity contribution < 1.29 is 9.90 Å². The average Bonchev–Trinajstić information content (AvgIpc) is 2.33. The van der Waals surface area contributed by atoms with E-state index in [1.54, 1.807) is 0 Å². The van der Waals surface area contributed by atoms with Gasteiger partial charge in [-0.3, -0.25) is 4.79 Å². The van der Waals surface area contributed by atoms with Gasteiger partial charge in [0, 0.05) is 31.8 Å². The fraction of sp³-hybridized carbons (Fsp3) is 0.500. The van der Waals surface area contributed by atoms with E-state index in [0.717, 1.165) is 25.1 Å². The summed E-state index contributed by atoms with van der Waals surface area (Å²) < 4.78 is 0. The molecule has 0 heterocycles. The number of aliphatic hydroxyl groups excluding tert-OH is 1. The van der Waals surface area contributed by atoms with Crippen LogP contribution in [0.4, 0.5) is 5.69 Å². The Hall–Kier alpha value is -1.55. The van der Waals surface area contributed by atoms with E-state index >= 15 is 0 Å². The molecule has 4 heteroatoms. The van der Waals surface area contributed by atoms with Gasteiger partial charge >= 0.3 is 0 Å². The van der Waals surface area contributed by atoms with Crippen LogP contribution in [0.5, 0.6) is 0 Å². The normalized spacial score (nSPS) is 10.3. The van der Waals surface area contributed by atoms with E-state index in [2.05, 4.69) is 11.0 Å². The van der Waals surface area contributed by atoms with Crippen molar-refractivity contribution in [1.29, 1.82) is 0 Å². The minimum Gasteiger partial charge on any atom is -0.396 e. The highest BCUT2D eigenvalue weighted by Gasteiger charge is 2.07. The van der Waals surface area contributed by atoms with E-state index in [0.29, 0.717) is 13.0 Å². The van der Waals surface area contributed by atoms with Crippen molar-refractivity contribution >= 4 is 11.6 Å². The van der Waals surface area contributed by atoms with E-state index in [1.165, 1.54) is 5.56 Å². The van der Waals surface area contributed by atoms with Crippen LogP contribution in [0.2, 0.25) is 0 Å². The maximum absolute atomic E-state index is 10.9. The molecular weight excluding hydrogens is 228 g/mol. The molecule has 3 N–H and O–H groups in total. The number of unbranched alkanes of at least 4 members (excludes halogenated alkanes) is 1. The topological polar surface area (TPSA) is 66.6 Å². The van der Waals surface area contributed by atoms with Crippen LogP contribution in [0, 0.1) is 6.92 Å². The van der Waals surface area contributed by atoms with Crippen molar-refractivity contribution in [3.8, 4) is 0 Å². The molecule has 0 fully saturated rings. The van der Waals surface area contributed by atoms with Crippen LogP contribution < -0.4 is 10.6 Å². The Morgan fingerprint density at radius 1 is 1.33 bits per heavy atom. The lowest BCUT2D eigenvalue weighted by atomic mass is 10.2. The van der Waals surface area contributed by atoms with Gasteiger partial charge in [-0.05, 0) is 37.5 Å². The van der Waals surface area contributed by atoms with Gasteiger partial charge in [0.1, 0.15) is 0 Å². The summed E-state index contributed by atoms with van der Waals surface area (Å²) >= 11 is 0. The molecule has 0 aromatic heterocycles. The zero-order valence-electron chi connectivity index (χ0n) is 10.9. The summed E-state index contributed by atoms with van der Waals surface area (Å²) in [7, 11) is 0. The fourth-order valence-corrected chi connectivity index (χ4v) is 1.85. The summed E-state index contributed by atoms with van der Waals surface area (Å²) in [5.74, 6) is -0.283. The Morgan fingerprint density at radius 2 is 2.11 bits per heavy atom. The Balaban J connectivity index is 2.66. The lowest BCUT2D eigenvalue weighted by molar-refractivity contribution is -0.117. The van der Waals surface area contributed by atoms with Gasteiger partial charge in [-0.2, -0.15) is 0 Å². The van der Waals surface area contributed by atoms with Crippen molar-refractivity contribution in [2.45, 2.75) is 26.2 Å². The van der Waals surface area contributed by atoms with Crippen LogP contribution in [0.3, 0.4) is 0 Å². The number of hydrogen-bond acceptors (Lipinski definition) is 3. The number of nitrogens with zero attached hydrogens (tertiary/aromatic N) is 1. The van der Waals surface area contributed by atoms with Crippen molar-refractivity contribution in [2.75, 3.05) is 24.6 Å². The standard InChI is InChI=1S/C14H22N2O2/c1-12-5-4-6-13(11-12)16(8-2-3-10-17)9-7-14(15)18/h4-6,11,17H,2-3,7-10H2,1H3,(H2,15,18). The third kappa shape index (κ3) is 5.19. The van der Waals surface area contributed by atoms with Gasteiger partial charge in [0.15, 0.2) is 0 Å². The van der Waals surface area contributed by atoms with Gasteiger partial charge in [-0.1, -0.05) is 12.1 Å². The van der Waals surface area contributed by atoms with Crippen LogP contribution >= 0.6 is 0 Å². The summed E-state index contributed by atoms with van der Waals surface area (Å²) in [6, 6.07) is 8.18. The largest absolute Gasteiger partial charge is 0.396 e. The summed E-state index contributed by atoms with van der Waals surface area (Å²) in [5, 5.41) is 8.82. The van der Waals surface area contributed by atoms with Crippen LogP contribution in [-0.2, 0) is 4.79 Å². The first-order valence-corrected chi connectivity index (χ1v) is 6.34. The molecule has 1 rings (SSSR count).